The molecule has 0 aliphatic carbocycles. The van der Waals surface area contributed by atoms with Crippen LogP contribution < -0.4 is 11.2 Å². The van der Waals surface area contributed by atoms with Crippen LogP contribution >= 0.6 is 15.6 Å². The van der Waals surface area contributed by atoms with Gasteiger partial charge in [-0.1, -0.05) is 0 Å². The molecule has 1 aromatic heterocycles. The van der Waals surface area contributed by atoms with E-state index in [-0.39, 0.29) is 0 Å². The third-order valence-electron chi connectivity index (χ3n) is 5.24. The molecule has 17 nitrogen and oxygen atoms in total. The third-order valence-corrected chi connectivity index (χ3v) is 7.83. The lowest BCUT2D eigenvalue weighted by Crippen LogP contribution is -2.67. The van der Waals surface area contributed by atoms with E-state index in [1.54, 1.807) is 0 Å². The summed E-state index contributed by atoms with van der Waals surface area (Å²) in [5.41, 5.74) is -1.88. The lowest BCUT2D eigenvalue weighted by atomic mass is 9.97. The first-order valence-corrected chi connectivity index (χ1v) is 13.0. The van der Waals surface area contributed by atoms with Crippen molar-refractivity contribution in [2.75, 3.05) is 13.2 Å². The fourth-order valence-corrected chi connectivity index (χ4v) is 5.47. The van der Waals surface area contributed by atoms with E-state index in [4.69, 9.17) is 9.84 Å². The van der Waals surface area contributed by atoms with Gasteiger partial charge in [0.15, 0.2) is 12.3 Å². The summed E-state index contributed by atoms with van der Waals surface area (Å²) in [6.45, 7) is -2.68. The van der Waals surface area contributed by atoms with Gasteiger partial charge in [-0.15, -0.1) is 0 Å². The minimum Gasteiger partial charge on any atom is -0.394 e. The molecule has 3 rings (SSSR count). The van der Waals surface area contributed by atoms with Gasteiger partial charge >= 0.3 is 33.2 Å². The van der Waals surface area contributed by atoms with Gasteiger partial charge < -0.3 is 39.7 Å². The molecule has 1 aromatic rings. The van der Waals surface area contributed by atoms with Gasteiger partial charge in [0.25, 0.3) is 5.56 Å². The monoisotopic (exact) mass is 606 g/mol. The Balaban J connectivity index is 1.66. The van der Waals surface area contributed by atoms with E-state index in [1.165, 1.54) is 0 Å². The average Bonchev–Trinajstić information content (AvgIpc) is 3.06. The van der Waals surface area contributed by atoms with Crippen LogP contribution in [0.15, 0.2) is 21.9 Å². The molecule has 0 saturated carbocycles. The van der Waals surface area contributed by atoms with Crippen molar-refractivity contribution in [1.82, 2.24) is 9.55 Å². The summed E-state index contributed by atoms with van der Waals surface area (Å²) < 4.78 is 102. The van der Waals surface area contributed by atoms with E-state index in [0.29, 0.717) is 4.57 Å². The number of ether oxygens (including phenoxy) is 2. The zero-order valence-corrected chi connectivity index (χ0v) is 20.1. The van der Waals surface area contributed by atoms with E-state index >= 15 is 0 Å². The van der Waals surface area contributed by atoms with Crippen LogP contribution in [0.2, 0.25) is 0 Å². The van der Waals surface area contributed by atoms with Crippen LogP contribution in [-0.4, -0.2) is 102 Å². The number of hydrogen-bond acceptors (Lipinski definition) is 13. The van der Waals surface area contributed by atoms with E-state index in [9.17, 15) is 61.4 Å². The molecule has 2 saturated heterocycles. The summed E-state index contributed by atoms with van der Waals surface area (Å²) in [7, 11) is -12.0. The molecule has 0 spiro atoms. The summed E-state index contributed by atoms with van der Waals surface area (Å²) in [4.78, 5) is 44.1. The summed E-state index contributed by atoms with van der Waals surface area (Å²) in [5.74, 6) is -10.9. The molecule has 23 heteroatoms. The first kappa shape index (κ1) is 31.0. The van der Waals surface area contributed by atoms with Crippen molar-refractivity contribution in [3.05, 3.63) is 33.1 Å². The maximum absolute atomic E-state index is 14.0. The first-order chi connectivity index (χ1) is 17.3. The lowest BCUT2D eigenvalue weighted by Gasteiger charge is -2.43. The van der Waals surface area contributed by atoms with E-state index < -0.39 is 95.0 Å². The molecule has 2 aliphatic heterocycles. The number of phosphoric acid groups is 2. The van der Waals surface area contributed by atoms with Crippen molar-refractivity contribution in [2.24, 2.45) is 0 Å². The Hall–Kier alpha value is -1.58. The van der Waals surface area contributed by atoms with E-state index in [1.807, 2.05) is 4.98 Å². The minimum absolute atomic E-state index is 0.636. The molecule has 2 fully saturated rings. The van der Waals surface area contributed by atoms with Gasteiger partial charge in [0.2, 0.25) is 6.29 Å². The number of nitrogens with one attached hydrogen (secondary N) is 1. The number of nitrogens with zero attached hydrogens (tertiary/aromatic N) is 1. The molecule has 7 N–H and O–H groups in total. The van der Waals surface area contributed by atoms with Gasteiger partial charge in [-0.3, -0.25) is 18.9 Å². The number of aromatic amines is 1. The third kappa shape index (κ3) is 6.09. The van der Waals surface area contributed by atoms with E-state index in [0.717, 1.165) is 12.3 Å². The van der Waals surface area contributed by atoms with Crippen LogP contribution in [0.1, 0.15) is 6.23 Å². The molecule has 0 aromatic carbocycles. The average molecular weight is 606 g/mol. The van der Waals surface area contributed by atoms with Crippen molar-refractivity contribution in [3.8, 4) is 0 Å². The van der Waals surface area contributed by atoms with Crippen LogP contribution in [0.25, 0.3) is 0 Å². The summed E-state index contributed by atoms with van der Waals surface area (Å²) >= 11 is 0. The minimum atomic E-state index is -6.21. The molecule has 2 aliphatic rings. The molecule has 0 radical (unpaired) electrons. The zero-order valence-electron chi connectivity index (χ0n) is 18.3. The first-order valence-electron chi connectivity index (χ1n) is 10.1. The largest absolute Gasteiger partial charge is 0.483 e. The molecule has 2 unspecified atom stereocenters. The van der Waals surface area contributed by atoms with Crippen molar-refractivity contribution in [2.45, 2.75) is 54.9 Å². The molecule has 38 heavy (non-hydrogen) atoms. The maximum Gasteiger partial charge on any atom is 0.483 e. The van der Waals surface area contributed by atoms with Crippen LogP contribution in [0.5, 0.6) is 0 Å². The molecule has 3 heterocycles. The number of aromatic nitrogens is 2. The number of rotatable bonds is 9. The Labute approximate surface area is 207 Å². The van der Waals surface area contributed by atoms with Crippen LogP contribution in [0.4, 0.5) is 17.6 Å². The smallest absolute Gasteiger partial charge is 0.394 e. The molecule has 9 atom stereocenters. The summed E-state index contributed by atoms with van der Waals surface area (Å²) in [6, 6.07) is 0.862. The highest BCUT2D eigenvalue weighted by atomic mass is 31.3. The number of phosphoric ester groups is 2. The Morgan fingerprint density at radius 2 is 1.63 bits per heavy atom. The van der Waals surface area contributed by atoms with Gasteiger partial charge in [-0.25, -0.2) is 18.4 Å². The second kappa shape index (κ2) is 10.8. The standard InChI is InChI=1S/C15H20F4N2O15P2/c16-14(17)10(26)5(3-22)34-12(15(14,18)19)35-38(30,31)36-37(28,29)32-4-6-8(24)9(25)11(33-6)21-2-1-7(23)20-13(21)27/h1-2,5-6,8-12,22,24-26H,3-4H2,(H,28,29)(H,30,31)(H,20,23,27)/t5-,6-,8-,9-,10+,11-,12-/m1/s1. The number of halogens is 4. The summed E-state index contributed by atoms with van der Waals surface area (Å²) in [5, 5.41) is 38.3. The van der Waals surface area contributed by atoms with Crippen molar-refractivity contribution >= 4 is 15.6 Å². The van der Waals surface area contributed by atoms with Gasteiger partial charge in [0.05, 0.1) is 13.2 Å². The zero-order chi connectivity index (χ0) is 28.8. The fourth-order valence-electron chi connectivity index (χ4n) is 3.33. The van der Waals surface area contributed by atoms with Crippen LogP contribution in [0, 0.1) is 0 Å². The number of hydrogen-bond donors (Lipinski definition) is 7. The normalized spacial score (nSPS) is 35.9. The van der Waals surface area contributed by atoms with Gasteiger partial charge in [0.1, 0.15) is 24.4 Å². The Morgan fingerprint density at radius 3 is 2.21 bits per heavy atom. The Morgan fingerprint density at radius 1 is 1.00 bits per heavy atom. The maximum atomic E-state index is 14.0. The topological polar surface area (TPSA) is 257 Å². The fraction of sp³-hybridized carbons (Fsp3) is 0.733. The van der Waals surface area contributed by atoms with Gasteiger partial charge in [-0.05, 0) is 0 Å². The highest BCUT2D eigenvalue weighted by molar-refractivity contribution is 7.61. The SMILES string of the molecule is O=c1ccn([C@@H]2O[C@H](COP(=O)(O)OP(=O)(O)O[C@H]3O[C@H](CO)[C@H](O)C(F)(F)C3(F)F)[C@@H](O)[C@H]2O)c(=O)[nH]1. The quantitative estimate of drug-likeness (QED) is 0.116. The van der Waals surface area contributed by atoms with Crippen molar-refractivity contribution < 1.29 is 79.7 Å². The highest BCUT2D eigenvalue weighted by Crippen LogP contribution is 2.63. The predicted octanol–water partition coefficient (Wildman–Crippen LogP) is -2.24. The Bertz CT molecular complexity index is 1230. The van der Waals surface area contributed by atoms with Crippen LogP contribution in [0.3, 0.4) is 0 Å². The lowest BCUT2D eigenvalue weighted by molar-refractivity contribution is -0.391. The second-order valence-corrected chi connectivity index (χ2v) is 10.9. The van der Waals surface area contributed by atoms with Crippen LogP contribution in [-0.2, 0) is 32.0 Å². The Kier molecular flexibility index (Phi) is 8.77. The molecule has 0 bridgehead atoms. The van der Waals surface area contributed by atoms with Crippen molar-refractivity contribution in [1.29, 1.82) is 0 Å². The highest BCUT2D eigenvalue weighted by Gasteiger charge is 2.72. The van der Waals surface area contributed by atoms with Crippen molar-refractivity contribution in [3.63, 3.8) is 0 Å². The molecule has 0 amide bonds. The molecular formula is C15H20F4N2O15P2. The molecular weight excluding hydrogens is 586 g/mol. The summed E-state index contributed by atoms with van der Waals surface area (Å²) in [6.07, 6.45) is -15.7. The number of aliphatic hydroxyl groups is 4. The van der Waals surface area contributed by atoms with Gasteiger partial charge in [0, 0.05) is 12.3 Å². The van der Waals surface area contributed by atoms with E-state index in [2.05, 4.69) is 18.1 Å². The molecule has 218 valence electrons. The van der Waals surface area contributed by atoms with Gasteiger partial charge in [-0.2, -0.15) is 21.9 Å². The second-order valence-electron chi connectivity index (χ2n) is 7.86. The number of H-pyrrole nitrogens is 1. The predicted molar refractivity (Wildman–Crippen MR) is 107 cm³/mol. The number of aliphatic hydroxyl groups excluding tert-OH is 4. The number of alkyl halides is 4.